The van der Waals surface area contributed by atoms with Gasteiger partial charge in [0.1, 0.15) is 13.1 Å². The number of hydrogen-bond acceptors (Lipinski definition) is 5. The molecule has 6 nitrogen and oxygen atoms in total. The minimum Gasteiger partial charge on any atom is -0.633 e. The standard InChI is InChI=1S/C19H41NO5/c1-2-3-4-5-6-7-8-9-10-11-18-25-19(23)12-13-20(24,14-16-21)15-17-22/h19,21-23H,2-18H2,1H3/t19-/m0/s1. The van der Waals surface area contributed by atoms with Gasteiger partial charge in [0.15, 0.2) is 6.29 Å². The molecule has 152 valence electrons. The number of hydrogen-bond donors (Lipinski definition) is 3. The summed E-state index contributed by atoms with van der Waals surface area (Å²) in [6.45, 7) is 2.51. The van der Waals surface area contributed by atoms with Crippen LogP contribution >= 0.6 is 0 Å². The van der Waals surface area contributed by atoms with Gasteiger partial charge in [0.05, 0.1) is 19.8 Å². The van der Waals surface area contributed by atoms with Crippen molar-refractivity contribution in [3.8, 4) is 0 Å². The van der Waals surface area contributed by atoms with E-state index in [1.165, 1.54) is 51.4 Å². The summed E-state index contributed by atoms with van der Waals surface area (Å²) in [7, 11) is 0. The Labute approximate surface area is 154 Å². The zero-order valence-electron chi connectivity index (χ0n) is 16.2. The molecule has 0 fully saturated rings. The van der Waals surface area contributed by atoms with Gasteiger partial charge in [-0.25, -0.2) is 0 Å². The second-order valence-electron chi connectivity index (χ2n) is 6.97. The lowest BCUT2D eigenvalue weighted by atomic mass is 10.1. The Morgan fingerprint density at radius 1 is 0.800 bits per heavy atom. The van der Waals surface area contributed by atoms with Gasteiger partial charge < -0.3 is 29.9 Å². The molecular weight excluding hydrogens is 322 g/mol. The second kappa shape index (κ2) is 17.2. The van der Waals surface area contributed by atoms with Crippen molar-refractivity contribution in [2.75, 3.05) is 39.5 Å². The van der Waals surface area contributed by atoms with Gasteiger partial charge in [0.25, 0.3) is 0 Å². The molecule has 0 saturated heterocycles. The van der Waals surface area contributed by atoms with E-state index in [2.05, 4.69) is 6.92 Å². The zero-order valence-corrected chi connectivity index (χ0v) is 16.2. The van der Waals surface area contributed by atoms with E-state index in [1.807, 2.05) is 0 Å². The summed E-state index contributed by atoms with van der Waals surface area (Å²) in [4.78, 5) is 0. The third-order valence-corrected chi connectivity index (χ3v) is 4.61. The quantitative estimate of drug-likeness (QED) is 0.142. The van der Waals surface area contributed by atoms with Crippen molar-refractivity contribution < 1.29 is 24.7 Å². The molecule has 0 aromatic carbocycles. The van der Waals surface area contributed by atoms with Crippen LogP contribution in [0, 0.1) is 5.21 Å². The van der Waals surface area contributed by atoms with Gasteiger partial charge in [-0.1, -0.05) is 64.7 Å². The maximum atomic E-state index is 12.2. The summed E-state index contributed by atoms with van der Waals surface area (Å²) < 4.78 is 4.66. The minimum absolute atomic E-state index is 0.0335. The number of nitrogens with zero attached hydrogens (tertiary/aromatic N) is 1. The van der Waals surface area contributed by atoms with Gasteiger partial charge in [-0.3, -0.25) is 0 Å². The molecule has 25 heavy (non-hydrogen) atoms. The number of quaternary nitrogens is 1. The van der Waals surface area contributed by atoms with Gasteiger partial charge in [0, 0.05) is 13.0 Å². The lowest BCUT2D eigenvalue weighted by Crippen LogP contribution is -2.48. The maximum Gasteiger partial charge on any atom is 0.159 e. The van der Waals surface area contributed by atoms with Crippen LogP contribution in [0.5, 0.6) is 0 Å². The van der Waals surface area contributed by atoms with Crippen molar-refractivity contribution in [2.45, 2.75) is 83.8 Å². The first kappa shape index (κ1) is 24.8. The van der Waals surface area contributed by atoms with Crippen LogP contribution in [0.25, 0.3) is 0 Å². The molecule has 0 aliphatic carbocycles. The molecule has 1 atom stereocenters. The summed E-state index contributed by atoms with van der Waals surface area (Å²) in [6.07, 6.45) is 11.8. The van der Waals surface area contributed by atoms with Crippen molar-refractivity contribution in [1.82, 2.24) is 0 Å². The van der Waals surface area contributed by atoms with E-state index in [1.54, 1.807) is 0 Å². The highest BCUT2D eigenvalue weighted by Gasteiger charge is 2.18. The molecule has 0 aliphatic rings. The third kappa shape index (κ3) is 15.7. The van der Waals surface area contributed by atoms with Crippen LogP contribution < -0.4 is 0 Å². The number of hydroxylamine groups is 3. The largest absolute Gasteiger partial charge is 0.633 e. The molecule has 0 saturated carbocycles. The van der Waals surface area contributed by atoms with Crippen LogP contribution in [0.2, 0.25) is 0 Å². The Bertz CT molecular complexity index is 273. The first-order valence-electron chi connectivity index (χ1n) is 10.2. The predicted octanol–water partition coefficient (Wildman–Crippen LogP) is 2.93. The normalized spacial score (nSPS) is 13.3. The van der Waals surface area contributed by atoms with Crippen LogP contribution in [0.4, 0.5) is 0 Å². The molecule has 0 aromatic rings. The summed E-state index contributed by atoms with van der Waals surface area (Å²) in [5, 5.41) is 39.9. The Morgan fingerprint density at radius 3 is 1.76 bits per heavy atom. The summed E-state index contributed by atoms with van der Waals surface area (Å²) >= 11 is 0. The lowest BCUT2D eigenvalue weighted by molar-refractivity contribution is -0.882. The van der Waals surface area contributed by atoms with Gasteiger partial charge in [-0.2, -0.15) is 0 Å². The number of rotatable bonds is 19. The van der Waals surface area contributed by atoms with E-state index in [0.29, 0.717) is 6.61 Å². The second-order valence-corrected chi connectivity index (χ2v) is 6.97. The molecule has 0 spiro atoms. The summed E-state index contributed by atoms with van der Waals surface area (Å²) in [6, 6.07) is 0. The maximum absolute atomic E-state index is 12.2. The predicted molar refractivity (Wildman–Crippen MR) is 101 cm³/mol. The van der Waals surface area contributed by atoms with Crippen molar-refractivity contribution in [2.24, 2.45) is 0 Å². The molecule has 0 rings (SSSR count). The average Bonchev–Trinajstić information content (AvgIpc) is 2.58. The van der Waals surface area contributed by atoms with Crippen molar-refractivity contribution in [1.29, 1.82) is 0 Å². The molecule has 0 bridgehead atoms. The Kier molecular flexibility index (Phi) is 17.0. The summed E-state index contributed by atoms with van der Waals surface area (Å²) in [5.74, 6) is 0. The van der Waals surface area contributed by atoms with Gasteiger partial charge in [-0.05, 0) is 6.42 Å². The fourth-order valence-corrected chi connectivity index (χ4v) is 2.94. The first-order chi connectivity index (χ1) is 12.1. The van der Waals surface area contributed by atoms with Crippen LogP contribution in [0.1, 0.15) is 77.6 Å². The van der Waals surface area contributed by atoms with Crippen molar-refractivity contribution >= 4 is 0 Å². The first-order valence-corrected chi connectivity index (χ1v) is 10.2. The topological polar surface area (TPSA) is 93.0 Å². The molecule has 6 heteroatoms. The molecule has 0 heterocycles. The van der Waals surface area contributed by atoms with Crippen molar-refractivity contribution in [3.63, 3.8) is 0 Å². The third-order valence-electron chi connectivity index (χ3n) is 4.61. The summed E-state index contributed by atoms with van der Waals surface area (Å²) in [5.41, 5.74) is 0. The number of ether oxygens (including phenoxy) is 1. The Morgan fingerprint density at radius 2 is 1.28 bits per heavy atom. The monoisotopic (exact) mass is 363 g/mol. The molecule has 0 amide bonds. The number of aliphatic hydroxyl groups excluding tert-OH is 3. The SMILES string of the molecule is CCCCCCCCCCCCO[C@H](O)CC[N+]([O-])(CCO)CCO. The van der Waals surface area contributed by atoms with E-state index in [-0.39, 0.29) is 39.3 Å². The van der Waals surface area contributed by atoms with E-state index >= 15 is 0 Å². The molecule has 0 aromatic heterocycles. The number of unbranched alkanes of at least 4 members (excludes halogenated alkanes) is 9. The highest BCUT2D eigenvalue weighted by Crippen LogP contribution is 2.11. The molecular formula is C19H41NO5. The van der Waals surface area contributed by atoms with Crippen LogP contribution in [0.3, 0.4) is 0 Å². The van der Waals surface area contributed by atoms with Gasteiger partial charge in [-0.15, -0.1) is 0 Å². The smallest absolute Gasteiger partial charge is 0.159 e. The fraction of sp³-hybridized carbons (Fsp3) is 1.00. The van der Waals surface area contributed by atoms with Crippen LogP contribution in [-0.2, 0) is 4.74 Å². The fourth-order valence-electron chi connectivity index (χ4n) is 2.94. The average molecular weight is 364 g/mol. The molecule has 3 N–H and O–H groups in total. The van der Waals surface area contributed by atoms with E-state index in [0.717, 1.165) is 12.8 Å². The Balaban J connectivity index is 3.50. The van der Waals surface area contributed by atoms with E-state index in [4.69, 9.17) is 14.9 Å². The molecule has 0 unspecified atom stereocenters. The molecule has 0 aliphatic heterocycles. The van der Waals surface area contributed by atoms with Gasteiger partial charge >= 0.3 is 0 Å². The highest BCUT2D eigenvalue weighted by atomic mass is 16.6. The van der Waals surface area contributed by atoms with E-state index < -0.39 is 10.9 Å². The Hall–Kier alpha value is -0.240. The highest BCUT2D eigenvalue weighted by molar-refractivity contribution is 4.50. The zero-order chi connectivity index (χ0) is 18.8. The minimum atomic E-state index is -0.942. The molecule has 0 radical (unpaired) electrons. The van der Waals surface area contributed by atoms with Crippen molar-refractivity contribution in [3.05, 3.63) is 5.21 Å². The van der Waals surface area contributed by atoms with Crippen LogP contribution in [-0.4, -0.2) is 65.7 Å². The number of aliphatic hydroxyl groups is 3. The van der Waals surface area contributed by atoms with E-state index in [9.17, 15) is 10.3 Å². The lowest BCUT2D eigenvalue weighted by Gasteiger charge is -2.42. The van der Waals surface area contributed by atoms with Crippen LogP contribution in [0.15, 0.2) is 0 Å². The van der Waals surface area contributed by atoms with Gasteiger partial charge in [0.2, 0.25) is 0 Å².